The zero-order valence-corrected chi connectivity index (χ0v) is 8.17. The van der Waals surface area contributed by atoms with E-state index in [-0.39, 0.29) is 10.6 Å². The Morgan fingerprint density at radius 3 is 3.07 bits per heavy atom. The minimum absolute atomic E-state index is 0.0510. The van der Waals surface area contributed by atoms with Gasteiger partial charge in [0.15, 0.2) is 4.88 Å². The largest absolute Gasteiger partial charge is 0.505 e. The topological polar surface area (TPSA) is 59.4 Å². The van der Waals surface area contributed by atoms with Crippen LogP contribution in [0.4, 0.5) is 0 Å². The number of fused-ring (bicyclic) bond motifs is 1. The lowest BCUT2D eigenvalue weighted by Crippen LogP contribution is -1.97. The Morgan fingerprint density at radius 1 is 1.64 bits per heavy atom. The van der Waals surface area contributed by atoms with E-state index in [1.54, 1.807) is 12.3 Å². The van der Waals surface area contributed by atoms with E-state index in [0.29, 0.717) is 5.39 Å². The summed E-state index contributed by atoms with van der Waals surface area (Å²) in [6, 6.07) is 1.74. The molecule has 2 rings (SSSR count). The highest BCUT2D eigenvalue weighted by molar-refractivity contribution is 7.21. The number of methoxy groups -OCH3 is 1. The molecule has 0 radical (unpaired) electrons. The predicted octanol–water partition coefficient (Wildman–Crippen LogP) is 1.79. The first-order valence-corrected chi connectivity index (χ1v) is 4.69. The molecular formula is C9H7NO3S. The molecule has 2 heterocycles. The smallest absolute Gasteiger partial charge is 0.351 e. The minimum atomic E-state index is -0.524. The SMILES string of the molecule is COC(=O)c1sc2ccncc2c1O. The zero-order valence-electron chi connectivity index (χ0n) is 7.35. The molecule has 1 N–H and O–H groups in total. The monoisotopic (exact) mass is 209 g/mol. The quantitative estimate of drug-likeness (QED) is 0.727. The Balaban J connectivity index is 2.68. The van der Waals surface area contributed by atoms with Crippen LogP contribution >= 0.6 is 11.3 Å². The van der Waals surface area contributed by atoms with Gasteiger partial charge in [0.1, 0.15) is 5.75 Å². The Labute approximate surface area is 83.8 Å². The van der Waals surface area contributed by atoms with Crippen LogP contribution in [-0.4, -0.2) is 23.2 Å². The van der Waals surface area contributed by atoms with Crippen molar-refractivity contribution in [2.24, 2.45) is 0 Å². The molecule has 0 aliphatic carbocycles. The fourth-order valence-electron chi connectivity index (χ4n) is 1.16. The summed E-state index contributed by atoms with van der Waals surface area (Å²) < 4.78 is 5.36. The Kier molecular flexibility index (Phi) is 2.09. The number of nitrogens with zero attached hydrogens (tertiary/aromatic N) is 1. The fourth-order valence-corrected chi connectivity index (χ4v) is 2.14. The number of pyridine rings is 1. The summed E-state index contributed by atoms with van der Waals surface area (Å²) in [4.78, 5) is 15.3. The number of thiophene rings is 1. The normalized spacial score (nSPS) is 10.4. The van der Waals surface area contributed by atoms with Crippen molar-refractivity contribution in [3.63, 3.8) is 0 Å². The highest BCUT2D eigenvalue weighted by Crippen LogP contribution is 2.36. The van der Waals surface area contributed by atoms with Crippen molar-refractivity contribution in [3.8, 4) is 5.75 Å². The van der Waals surface area contributed by atoms with Crippen LogP contribution in [0.25, 0.3) is 10.1 Å². The van der Waals surface area contributed by atoms with E-state index < -0.39 is 5.97 Å². The van der Waals surface area contributed by atoms with Crippen LogP contribution in [0.5, 0.6) is 5.75 Å². The van der Waals surface area contributed by atoms with Crippen molar-refractivity contribution in [3.05, 3.63) is 23.3 Å². The Bertz CT molecular complexity index is 492. The molecule has 0 aliphatic heterocycles. The first-order chi connectivity index (χ1) is 6.74. The van der Waals surface area contributed by atoms with Gasteiger partial charge in [-0.15, -0.1) is 11.3 Å². The summed E-state index contributed by atoms with van der Waals surface area (Å²) in [7, 11) is 1.28. The predicted molar refractivity (Wildman–Crippen MR) is 52.6 cm³/mol. The fraction of sp³-hybridized carbons (Fsp3) is 0.111. The average Bonchev–Trinajstić information content (AvgIpc) is 2.56. The molecular weight excluding hydrogens is 202 g/mol. The van der Waals surface area contributed by atoms with Gasteiger partial charge >= 0.3 is 5.97 Å². The molecule has 5 heteroatoms. The van der Waals surface area contributed by atoms with Crippen LogP contribution in [0.2, 0.25) is 0 Å². The summed E-state index contributed by atoms with van der Waals surface area (Å²) in [5.74, 6) is -0.575. The van der Waals surface area contributed by atoms with E-state index in [9.17, 15) is 9.90 Å². The number of aromatic nitrogens is 1. The van der Waals surface area contributed by atoms with Crippen LogP contribution in [0.1, 0.15) is 9.67 Å². The summed E-state index contributed by atoms with van der Waals surface area (Å²) >= 11 is 1.19. The lowest BCUT2D eigenvalue weighted by molar-refractivity contribution is 0.0603. The molecule has 0 amide bonds. The maximum atomic E-state index is 11.2. The number of hydrogen-bond donors (Lipinski definition) is 1. The highest BCUT2D eigenvalue weighted by Gasteiger charge is 2.17. The van der Waals surface area contributed by atoms with Crippen LogP contribution in [0.3, 0.4) is 0 Å². The van der Waals surface area contributed by atoms with E-state index in [0.717, 1.165) is 4.70 Å². The maximum Gasteiger partial charge on any atom is 0.351 e. The molecule has 0 fully saturated rings. The van der Waals surface area contributed by atoms with Gasteiger partial charge in [-0.25, -0.2) is 4.79 Å². The molecule has 0 saturated heterocycles. The van der Waals surface area contributed by atoms with Gasteiger partial charge in [-0.1, -0.05) is 0 Å². The molecule has 0 aliphatic rings. The van der Waals surface area contributed by atoms with Crippen molar-refractivity contribution in [2.75, 3.05) is 7.11 Å². The van der Waals surface area contributed by atoms with Crippen molar-refractivity contribution in [2.45, 2.75) is 0 Å². The van der Waals surface area contributed by atoms with E-state index >= 15 is 0 Å². The third-order valence-corrected chi connectivity index (χ3v) is 2.97. The minimum Gasteiger partial charge on any atom is -0.505 e. The van der Waals surface area contributed by atoms with Crippen molar-refractivity contribution < 1.29 is 14.6 Å². The number of carbonyl (C=O) groups is 1. The van der Waals surface area contributed by atoms with Crippen molar-refractivity contribution in [1.29, 1.82) is 0 Å². The van der Waals surface area contributed by atoms with Gasteiger partial charge in [0.05, 0.1) is 12.5 Å². The van der Waals surface area contributed by atoms with Crippen molar-refractivity contribution in [1.82, 2.24) is 4.98 Å². The summed E-state index contributed by atoms with van der Waals surface area (Å²) in [6.45, 7) is 0. The summed E-state index contributed by atoms with van der Waals surface area (Å²) in [5, 5.41) is 10.2. The first-order valence-electron chi connectivity index (χ1n) is 3.88. The van der Waals surface area contributed by atoms with Gasteiger partial charge in [0.2, 0.25) is 0 Å². The number of esters is 1. The van der Waals surface area contributed by atoms with E-state index in [2.05, 4.69) is 9.72 Å². The molecule has 0 bridgehead atoms. The lowest BCUT2D eigenvalue weighted by Gasteiger charge is -1.94. The van der Waals surface area contributed by atoms with Crippen molar-refractivity contribution >= 4 is 27.4 Å². The first kappa shape index (κ1) is 8.96. The van der Waals surface area contributed by atoms with E-state index in [1.807, 2.05) is 0 Å². The second-order valence-electron chi connectivity index (χ2n) is 2.64. The molecule has 2 aromatic rings. The average molecular weight is 209 g/mol. The molecule has 72 valence electrons. The summed E-state index contributed by atoms with van der Waals surface area (Å²) in [6.07, 6.45) is 3.13. The molecule has 2 aromatic heterocycles. The van der Waals surface area contributed by atoms with Crippen LogP contribution < -0.4 is 0 Å². The standard InChI is InChI=1S/C9H7NO3S/c1-13-9(12)8-7(11)5-4-10-3-2-6(5)14-8/h2-4,11H,1H3. The summed E-state index contributed by atoms with van der Waals surface area (Å²) in [5.41, 5.74) is 0. The van der Waals surface area contributed by atoms with Gasteiger partial charge in [-0.3, -0.25) is 4.98 Å². The lowest BCUT2D eigenvalue weighted by atomic mass is 10.3. The van der Waals surface area contributed by atoms with E-state index in [1.165, 1.54) is 24.6 Å². The van der Waals surface area contributed by atoms with Gasteiger partial charge < -0.3 is 9.84 Å². The molecule has 0 saturated carbocycles. The highest BCUT2D eigenvalue weighted by atomic mass is 32.1. The van der Waals surface area contributed by atoms with Gasteiger partial charge in [-0.2, -0.15) is 0 Å². The third-order valence-electron chi connectivity index (χ3n) is 1.83. The number of hydrogen-bond acceptors (Lipinski definition) is 5. The molecule has 0 spiro atoms. The van der Waals surface area contributed by atoms with Gasteiger partial charge in [0.25, 0.3) is 0 Å². The maximum absolute atomic E-state index is 11.2. The van der Waals surface area contributed by atoms with Crippen LogP contribution in [0.15, 0.2) is 18.5 Å². The Hall–Kier alpha value is -1.62. The molecule has 14 heavy (non-hydrogen) atoms. The molecule has 0 atom stereocenters. The van der Waals surface area contributed by atoms with Gasteiger partial charge in [0, 0.05) is 17.1 Å². The third kappa shape index (κ3) is 1.22. The second-order valence-corrected chi connectivity index (χ2v) is 3.70. The number of rotatable bonds is 1. The second kappa shape index (κ2) is 3.26. The molecule has 0 aromatic carbocycles. The van der Waals surface area contributed by atoms with Crippen LogP contribution in [-0.2, 0) is 4.74 Å². The Morgan fingerprint density at radius 2 is 2.43 bits per heavy atom. The number of carbonyl (C=O) groups excluding carboxylic acids is 1. The molecule has 4 nitrogen and oxygen atoms in total. The number of aromatic hydroxyl groups is 1. The van der Waals surface area contributed by atoms with E-state index in [4.69, 9.17) is 0 Å². The van der Waals surface area contributed by atoms with Gasteiger partial charge in [-0.05, 0) is 6.07 Å². The number of ether oxygens (including phenoxy) is 1. The van der Waals surface area contributed by atoms with Crippen LogP contribution in [0, 0.1) is 0 Å². The molecule has 0 unspecified atom stereocenters. The zero-order chi connectivity index (χ0) is 10.1.